The second kappa shape index (κ2) is 4.39. The third-order valence-electron chi connectivity index (χ3n) is 2.02. The molecule has 0 bridgehead atoms. The fourth-order valence-corrected chi connectivity index (χ4v) is 1.33. The first-order valence-corrected chi connectivity index (χ1v) is 4.61. The van der Waals surface area contributed by atoms with Crippen molar-refractivity contribution < 1.29 is 5.11 Å². The first-order chi connectivity index (χ1) is 6.19. The summed E-state index contributed by atoms with van der Waals surface area (Å²) in [5.41, 5.74) is 7.08. The quantitative estimate of drug-likeness (QED) is 0.718. The first kappa shape index (κ1) is 10.2. The molecule has 0 amide bonds. The van der Waals surface area contributed by atoms with Crippen molar-refractivity contribution in [1.29, 1.82) is 0 Å². The number of aliphatic hydroxyl groups is 1. The highest BCUT2D eigenvalue weighted by molar-refractivity contribution is 5.18. The molecule has 4 nitrogen and oxygen atoms in total. The van der Waals surface area contributed by atoms with Gasteiger partial charge in [-0.15, -0.1) is 0 Å². The molecule has 0 spiro atoms. The van der Waals surface area contributed by atoms with Crippen LogP contribution in [-0.4, -0.2) is 21.4 Å². The zero-order valence-electron chi connectivity index (χ0n) is 8.20. The summed E-state index contributed by atoms with van der Waals surface area (Å²) in [6.45, 7) is 5.12. The molecule has 1 rings (SSSR count). The summed E-state index contributed by atoms with van der Waals surface area (Å²) in [5.74, 6) is 0. The Labute approximate surface area is 78.4 Å². The number of hydrogen-bond acceptors (Lipinski definition) is 3. The van der Waals surface area contributed by atoms with Crippen molar-refractivity contribution in [2.45, 2.75) is 32.9 Å². The van der Waals surface area contributed by atoms with Gasteiger partial charge in [0.05, 0.1) is 11.8 Å². The molecule has 0 saturated heterocycles. The summed E-state index contributed by atoms with van der Waals surface area (Å²) in [6.07, 6.45) is 2.33. The number of hydrogen-bond donors (Lipinski definition) is 2. The van der Waals surface area contributed by atoms with Crippen molar-refractivity contribution in [3.8, 4) is 0 Å². The summed E-state index contributed by atoms with van der Waals surface area (Å²) in [5, 5.41) is 13.8. The summed E-state index contributed by atoms with van der Waals surface area (Å²) in [7, 11) is 0. The minimum absolute atomic E-state index is 0.249. The molecule has 1 heterocycles. The predicted molar refractivity (Wildman–Crippen MR) is 51.3 cm³/mol. The van der Waals surface area contributed by atoms with Gasteiger partial charge in [0.2, 0.25) is 0 Å². The van der Waals surface area contributed by atoms with E-state index in [-0.39, 0.29) is 6.54 Å². The van der Waals surface area contributed by atoms with Crippen molar-refractivity contribution in [3.05, 3.63) is 17.5 Å². The monoisotopic (exact) mass is 183 g/mol. The Morgan fingerprint density at radius 2 is 2.38 bits per heavy atom. The number of aliphatic hydroxyl groups excluding tert-OH is 1. The van der Waals surface area contributed by atoms with E-state index in [1.807, 2.05) is 17.8 Å². The molecule has 1 aromatic heterocycles. The Hall–Kier alpha value is -0.870. The maximum Gasteiger partial charge on any atom is 0.0945 e. The summed E-state index contributed by atoms with van der Waals surface area (Å²) < 4.78 is 1.85. The van der Waals surface area contributed by atoms with Gasteiger partial charge in [-0.3, -0.25) is 4.68 Å². The van der Waals surface area contributed by atoms with Crippen molar-refractivity contribution in [1.82, 2.24) is 9.78 Å². The topological polar surface area (TPSA) is 64.1 Å². The van der Waals surface area contributed by atoms with Crippen LogP contribution in [0.3, 0.4) is 0 Å². The number of nitrogens with zero attached hydrogens (tertiary/aromatic N) is 2. The maximum atomic E-state index is 9.51. The average Bonchev–Trinajstić information content (AvgIpc) is 2.46. The molecule has 1 unspecified atom stereocenters. The molecule has 13 heavy (non-hydrogen) atoms. The van der Waals surface area contributed by atoms with E-state index in [0.29, 0.717) is 0 Å². The van der Waals surface area contributed by atoms with E-state index in [1.54, 1.807) is 0 Å². The first-order valence-electron chi connectivity index (χ1n) is 4.61. The van der Waals surface area contributed by atoms with Gasteiger partial charge in [-0.25, -0.2) is 0 Å². The highest BCUT2D eigenvalue weighted by Gasteiger charge is 2.11. The van der Waals surface area contributed by atoms with Crippen molar-refractivity contribution in [3.63, 3.8) is 0 Å². The largest absolute Gasteiger partial charge is 0.387 e. The molecule has 0 aliphatic rings. The molecule has 74 valence electrons. The van der Waals surface area contributed by atoms with Crippen molar-refractivity contribution in [2.24, 2.45) is 5.73 Å². The predicted octanol–water partition coefficient (Wildman–Crippen LogP) is 0.594. The Morgan fingerprint density at radius 1 is 1.69 bits per heavy atom. The molecule has 3 N–H and O–H groups in total. The van der Waals surface area contributed by atoms with Crippen LogP contribution in [0.5, 0.6) is 0 Å². The highest BCUT2D eigenvalue weighted by Crippen LogP contribution is 2.14. The van der Waals surface area contributed by atoms with Crippen LogP contribution in [0.1, 0.15) is 30.7 Å². The number of aryl methyl sites for hydroxylation is 2. The second-order valence-electron chi connectivity index (χ2n) is 3.18. The van der Waals surface area contributed by atoms with Crippen LogP contribution in [0.15, 0.2) is 6.20 Å². The van der Waals surface area contributed by atoms with Gasteiger partial charge in [0, 0.05) is 24.8 Å². The van der Waals surface area contributed by atoms with E-state index in [9.17, 15) is 5.11 Å². The van der Waals surface area contributed by atoms with Crippen molar-refractivity contribution >= 4 is 0 Å². The number of aromatic nitrogens is 2. The zero-order valence-corrected chi connectivity index (χ0v) is 8.20. The van der Waals surface area contributed by atoms with Gasteiger partial charge in [0.25, 0.3) is 0 Å². The van der Waals surface area contributed by atoms with Crippen LogP contribution in [-0.2, 0) is 6.54 Å². The molecule has 1 aromatic rings. The van der Waals surface area contributed by atoms with E-state index in [0.717, 1.165) is 24.2 Å². The maximum absolute atomic E-state index is 9.51. The van der Waals surface area contributed by atoms with Crippen LogP contribution in [0, 0.1) is 6.92 Å². The molecule has 0 aliphatic heterocycles. The third kappa shape index (κ3) is 2.29. The van der Waals surface area contributed by atoms with Crippen LogP contribution in [0.4, 0.5) is 0 Å². The number of rotatable bonds is 4. The lowest BCUT2D eigenvalue weighted by molar-refractivity contribution is 0.186. The Morgan fingerprint density at radius 3 is 2.92 bits per heavy atom. The van der Waals surface area contributed by atoms with Gasteiger partial charge in [0.15, 0.2) is 0 Å². The van der Waals surface area contributed by atoms with E-state index in [2.05, 4.69) is 12.0 Å². The molecule has 0 fully saturated rings. The Kier molecular flexibility index (Phi) is 3.45. The van der Waals surface area contributed by atoms with E-state index >= 15 is 0 Å². The van der Waals surface area contributed by atoms with Crippen LogP contribution in [0.2, 0.25) is 0 Å². The molecular formula is C9H17N3O. The van der Waals surface area contributed by atoms with Gasteiger partial charge in [-0.05, 0) is 13.3 Å². The van der Waals surface area contributed by atoms with Crippen LogP contribution >= 0.6 is 0 Å². The molecule has 4 heteroatoms. The summed E-state index contributed by atoms with van der Waals surface area (Å²) in [6, 6.07) is 0. The van der Waals surface area contributed by atoms with E-state index in [4.69, 9.17) is 5.73 Å². The van der Waals surface area contributed by atoms with Crippen LogP contribution in [0.25, 0.3) is 0 Å². The fraction of sp³-hybridized carbons (Fsp3) is 0.667. The minimum atomic E-state index is -0.578. The standard InChI is InChI=1S/C9H17N3O/c1-3-4-12-6-8(7(2)11-12)9(13)5-10/h6,9,13H,3-5,10H2,1-2H3. The van der Waals surface area contributed by atoms with E-state index in [1.165, 1.54) is 0 Å². The van der Waals surface area contributed by atoms with Crippen molar-refractivity contribution in [2.75, 3.05) is 6.54 Å². The lowest BCUT2D eigenvalue weighted by atomic mass is 10.1. The molecule has 0 aliphatic carbocycles. The van der Waals surface area contributed by atoms with Gasteiger partial charge >= 0.3 is 0 Å². The lowest BCUT2D eigenvalue weighted by Gasteiger charge is -2.04. The zero-order chi connectivity index (χ0) is 9.84. The van der Waals surface area contributed by atoms with Gasteiger partial charge in [-0.2, -0.15) is 5.10 Å². The fourth-order valence-electron chi connectivity index (χ4n) is 1.33. The minimum Gasteiger partial charge on any atom is -0.387 e. The van der Waals surface area contributed by atoms with Gasteiger partial charge in [0.1, 0.15) is 0 Å². The SMILES string of the molecule is CCCn1cc(C(O)CN)c(C)n1. The van der Waals surface area contributed by atoms with Gasteiger partial charge < -0.3 is 10.8 Å². The van der Waals surface area contributed by atoms with E-state index < -0.39 is 6.10 Å². The lowest BCUT2D eigenvalue weighted by Crippen LogP contribution is -2.11. The average molecular weight is 183 g/mol. The molecule has 0 aromatic carbocycles. The number of nitrogens with two attached hydrogens (primary N) is 1. The van der Waals surface area contributed by atoms with Crippen LogP contribution < -0.4 is 5.73 Å². The smallest absolute Gasteiger partial charge is 0.0945 e. The molecule has 0 saturated carbocycles. The normalized spacial score (nSPS) is 13.2. The Bertz CT molecular complexity index is 270. The highest BCUT2D eigenvalue weighted by atomic mass is 16.3. The van der Waals surface area contributed by atoms with Gasteiger partial charge in [-0.1, -0.05) is 6.92 Å². The molecule has 1 atom stereocenters. The summed E-state index contributed by atoms with van der Waals surface area (Å²) in [4.78, 5) is 0. The Balaban J connectivity index is 2.82. The molecular weight excluding hydrogens is 166 g/mol. The third-order valence-corrected chi connectivity index (χ3v) is 2.02. The second-order valence-corrected chi connectivity index (χ2v) is 3.18. The molecule has 0 radical (unpaired) electrons. The summed E-state index contributed by atoms with van der Waals surface area (Å²) >= 11 is 0.